The summed E-state index contributed by atoms with van der Waals surface area (Å²) in [6, 6.07) is 5.92. The van der Waals surface area contributed by atoms with Crippen LogP contribution in [0.3, 0.4) is 0 Å². The van der Waals surface area contributed by atoms with Gasteiger partial charge in [-0.15, -0.1) is 0 Å². The number of halogens is 1. The lowest BCUT2D eigenvalue weighted by atomic mass is 10.1. The highest BCUT2D eigenvalue weighted by molar-refractivity contribution is 5.43. The highest BCUT2D eigenvalue weighted by atomic mass is 19.1. The van der Waals surface area contributed by atoms with Gasteiger partial charge in [-0.25, -0.2) is 4.39 Å². The van der Waals surface area contributed by atoms with Gasteiger partial charge >= 0.3 is 0 Å². The molecule has 0 aromatic heterocycles. The molecular weight excluding hydrogens is 209 g/mol. The SMILES string of the molecule is N#Cc1cc(F)ccc1OC1CCOCC1. The van der Waals surface area contributed by atoms with E-state index in [1.54, 1.807) is 0 Å². The van der Waals surface area contributed by atoms with Gasteiger partial charge in [0.2, 0.25) is 0 Å². The topological polar surface area (TPSA) is 42.2 Å². The van der Waals surface area contributed by atoms with Crippen molar-refractivity contribution >= 4 is 0 Å². The van der Waals surface area contributed by atoms with E-state index in [4.69, 9.17) is 14.7 Å². The molecule has 4 heteroatoms. The predicted octanol–water partition coefficient (Wildman–Crippen LogP) is 2.26. The second kappa shape index (κ2) is 4.95. The smallest absolute Gasteiger partial charge is 0.137 e. The summed E-state index contributed by atoms with van der Waals surface area (Å²) in [5.41, 5.74) is 0.242. The summed E-state index contributed by atoms with van der Waals surface area (Å²) in [5.74, 6) is 0.0340. The van der Waals surface area contributed by atoms with Crippen molar-refractivity contribution in [2.24, 2.45) is 0 Å². The second-order valence-electron chi connectivity index (χ2n) is 3.68. The van der Waals surface area contributed by atoms with Gasteiger partial charge < -0.3 is 9.47 Å². The molecule has 1 heterocycles. The Balaban J connectivity index is 2.11. The number of hydrogen-bond acceptors (Lipinski definition) is 3. The van der Waals surface area contributed by atoms with Gasteiger partial charge in [0.1, 0.15) is 23.7 Å². The van der Waals surface area contributed by atoms with Crippen LogP contribution in [0.5, 0.6) is 5.75 Å². The molecule has 0 spiro atoms. The van der Waals surface area contributed by atoms with Crippen LogP contribution >= 0.6 is 0 Å². The first-order valence-electron chi connectivity index (χ1n) is 5.23. The number of rotatable bonds is 2. The normalized spacial score (nSPS) is 16.8. The summed E-state index contributed by atoms with van der Waals surface area (Å²) in [6.45, 7) is 1.35. The molecule has 0 atom stereocenters. The van der Waals surface area contributed by atoms with E-state index in [-0.39, 0.29) is 11.7 Å². The van der Waals surface area contributed by atoms with Crippen molar-refractivity contribution < 1.29 is 13.9 Å². The van der Waals surface area contributed by atoms with Gasteiger partial charge in [-0.3, -0.25) is 0 Å². The summed E-state index contributed by atoms with van der Waals surface area (Å²) < 4.78 is 23.8. The summed E-state index contributed by atoms with van der Waals surface area (Å²) in [7, 11) is 0. The number of ether oxygens (including phenoxy) is 2. The number of benzene rings is 1. The average molecular weight is 221 g/mol. The molecule has 0 N–H and O–H groups in total. The zero-order chi connectivity index (χ0) is 11.4. The van der Waals surface area contributed by atoms with Gasteiger partial charge in [0.25, 0.3) is 0 Å². The largest absolute Gasteiger partial charge is 0.489 e. The Labute approximate surface area is 93.4 Å². The molecule has 0 unspecified atom stereocenters. The Bertz CT molecular complexity index is 408. The minimum atomic E-state index is -0.420. The lowest BCUT2D eigenvalue weighted by Gasteiger charge is -2.23. The third kappa shape index (κ3) is 2.50. The zero-order valence-electron chi connectivity index (χ0n) is 8.78. The first-order chi connectivity index (χ1) is 7.79. The summed E-state index contributed by atoms with van der Waals surface area (Å²) in [5, 5.41) is 8.85. The zero-order valence-corrected chi connectivity index (χ0v) is 8.78. The van der Waals surface area contributed by atoms with Gasteiger partial charge in [0.05, 0.1) is 18.8 Å². The number of nitriles is 1. The Kier molecular flexibility index (Phi) is 3.37. The molecule has 1 fully saturated rings. The van der Waals surface area contributed by atoms with E-state index in [0.717, 1.165) is 12.8 Å². The van der Waals surface area contributed by atoms with E-state index >= 15 is 0 Å². The van der Waals surface area contributed by atoms with Gasteiger partial charge in [-0.2, -0.15) is 5.26 Å². The molecule has 1 aromatic rings. The predicted molar refractivity (Wildman–Crippen MR) is 55.6 cm³/mol. The molecule has 1 saturated heterocycles. The van der Waals surface area contributed by atoms with E-state index < -0.39 is 5.82 Å². The fourth-order valence-electron chi connectivity index (χ4n) is 1.67. The van der Waals surface area contributed by atoms with Crippen LogP contribution in [-0.4, -0.2) is 19.3 Å². The van der Waals surface area contributed by atoms with Crippen LogP contribution in [0.15, 0.2) is 18.2 Å². The molecule has 0 aliphatic carbocycles. The van der Waals surface area contributed by atoms with Crippen molar-refractivity contribution in [2.75, 3.05) is 13.2 Å². The Hall–Kier alpha value is -1.60. The quantitative estimate of drug-likeness (QED) is 0.769. The van der Waals surface area contributed by atoms with Gasteiger partial charge in [-0.1, -0.05) is 0 Å². The van der Waals surface area contributed by atoms with E-state index in [1.165, 1.54) is 18.2 Å². The van der Waals surface area contributed by atoms with Crippen molar-refractivity contribution in [3.63, 3.8) is 0 Å². The Morgan fingerprint density at radius 2 is 2.12 bits per heavy atom. The summed E-state index contributed by atoms with van der Waals surface area (Å²) in [4.78, 5) is 0. The maximum absolute atomic E-state index is 12.9. The van der Waals surface area contributed by atoms with Crippen LogP contribution in [0.2, 0.25) is 0 Å². The average Bonchev–Trinajstić information content (AvgIpc) is 2.33. The monoisotopic (exact) mass is 221 g/mol. The number of hydrogen-bond donors (Lipinski definition) is 0. The molecule has 1 aromatic carbocycles. The first kappa shape index (κ1) is 10.9. The van der Waals surface area contributed by atoms with Crippen molar-refractivity contribution in [3.8, 4) is 11.8 Å². The van der Waals surface area contributed by atoms with E-state index in [9.17, 15) is 4.39 Å². The van der Waals surface area contributed by atoms with Crippen LogP contribution in [-0.2, 0) is 4.74 Å². The molecule has 0 radical (unpaired) electrons. The van der Waals surface area contributed by atoms with Crippen LogP contribution in [0.1, 0.15) is 18.4 Å². The molecule has 16 heavy (non-hydrogen) atoms. The molecular formula is C12H12FNO2. The summed E-state index contributed by atoms with van der Waals surface area (Å²) >= 11 is 0. The molecule has 1 aliphatic heterocycles. The summed E-state index contributed by atoms with van der Waals surface area (Å²) in [6.07, 6.45) is 1.68. The molecule has 3 nitrogen and oxygen atoms in total. The van der Waals surface area contributed by atoms with Crippen LogP contribution in [0.25, 0.3) is 0 Å². The maximum atomic E-state index is 12.9. The molecule has 0 amide bonds. The van der Waals surface area contributed by atoms with Gasteiger partial charge in [-0.05, 0) is 18.2 Å². The van der Waals surface area contributed by atoms with Gasteiger partial charge in [0.15, 0.2) is 0 Å². The third-order valence-corrected chi connectivity index (χ3v) is 2.52. The third-order valence-electron chi connectivity index (χ3n) is 2.52. The molecule has 0 saturated carbocycles. The van der Waals surface area contributed by atoms with E-state index in [2.05, 4.69) is 0 Å². The van der Waals surface area contributed by atoms with Crippen LogP contribution in [0.4, 0.5) is 4.39 Å². The number of nitrogens with zero attached hydrogens (tertiary/aromatic N) is 1. The van der Waals surface area contributed by atoms with E-state index in [0.29, 0.717) is 19.0 Å². The highest BCUT2D eigenvalue weighted by Gasteiger charge is 2.17. The van der Waals surface area contributed by atoms with Crippen molar-refractivity contribution in [1.82, 2.24) is 0 Å². The lowest BCUT2D eigenvalue weighted by Crippen LogP contribution is -2.26. The molecule has 84 valence electrons. The standard InChI is InChI=1S/C12H12FNO2/c13-10-1-2-12(9(7-10)8-14)16-11-3-5-15-6-4-11/h1-2,7,11H,3-6H2. The minimum absolute atomic E-state index is 0.0614. The lowest BCUT2D eigenvalue weighted by molar-refractivity contribution is 0.0254. The minimum Gasteiger partial charge on any atom is -0.489 e. The Morgan fingerprint density at radius 3 is 2.81 bits per heavy atom. The fraction of sp³-hybridized carbons (Fsp3) is 0.417. The molecule has 0 bridgehead atoms. The van der Waals surface area contributed by atoms with E-state index in [1.807, 2.05) is 6.07 Å². The highest BCUT2D eigenvalue weighted by Crippen LogP contribution is 2.22. The van der Waals surface area contributed by atoms with Crippen molar-refractivity contribution in [1.29, 1.82) is 5.26 Å². The van der Waals surface area contributed by atoms with Crippen LogP contribution in [0, 0.1) is 17.1 Å². The van der Waals surface area contributed by atoms with Crippen molar-refractivity contribution in [2.45, 2.75) is 18.9 Å². The molecule has 2 rings (SSSR count). The fourth-order valence-corrected chi connectivity index (χ4v) is 1.67. The maximum Gasteiger partial charge on any atom is 0.137 e. The van der Waals surface area contributed by atoms with Crippen molar-refractivity contribution in [3.05, 3.63) is 29.6 Å². The first-order valence-corrected chi connectivity index (χ1v) is 5.23. The Morgan fingerprint density at radius 1 is 1.38 bits per heavy atom. The van der Waals surface area contributed by atoms with Gasteiger partial charge in [0, 0.05) is 12.8 Å². The second-order valence-corrected chi connectivity index (χ2v) is 3.68. The van der Waals surface area contributed by atoms with Crippen LogP contribution < -0.4 is 4.74 Å². The molecule has 1 aliphatic rings.